The molecule has 25 heavy (non-hydrogen) atoms. The minimum Gasteiger partial charge on any atom is -0.462 e. The van der Waals surface area contributed by atoms with E-state index in [1.807, 2.05) is 45.0 Å². The molecule has 0 spiro atoms. The molecule has 134 valence electrons. The second kappa shape index (κ2) is 7.52. The van der Waals surface area contributed by atoms with Gasteiger partial charge in [-0.2, -0.15) is 0 Å². The summed E-state index contributed by atoms with van der Waals surface area (Å²) in [4.78, 5) is 19.7. The first-order chi connectivity index (χ1) is 12.0. The van der Waals surface area contributed by atoms with Gasteiger partial charge < -0.3 is 15.4 Å². The third-order valence-electron chi connectivity index (χ3n) is 4.28. The number of ether oxygens (including phenoxy) is 1. The van der Waals surface area contributed by atoms with Crippen LogP contribution in [0.4, 0.5) is 5.69 Å². The molecule has 2 heterocycles. The van der Waals surface area contributed by atoms with Gasteiger partial charge in [0.25, 0.3) is 0 Å². The number of nitrogens with two attached hydrogens (primary N) is 1. The Morgan fingerprint density at radius 1 is 1.40 bits per heavy atom. The number of nitrogens with zero attached hydrogens (tertiary/aromatic N) is 2. The molecule has 0 unspecified atom stereocenters. The van der Waals surface area contributed by atoms with Crippen molar-refractivity contribution < 1.29 is 9.53 Å². The van der Waals surface area contributed by atoms with Crippen molar-refractivity contribution in [1.82, 2.24) is 4.90 Å². The molecule has 0 radical (unpaired) electrons. The number of rotatable bonds is 4. The van der Waals surface area contributed by atoms with Crippen molar-refractivity contribution in [2.75, 3.05) is 24.6 Å². The second-order valence-corrected chi connectivity index (χ2v) is 7.91. The number of amidine groups is 1. The lowest BCUT2D eigenvalue weighted by Crippen LogP contribution is -2.42. The molecule has 2 aliphatic heterocycles. The lowest BCUT2D eigenvalue weighted by molar-refractivity contribution is -0.140. The summed E-state index contributed by atoms with van der Waals surface area (Å²) in [5.41, 5.74) is 8.98. The number of aliphatic imine (C=N–C) groups is 1. The normalized spacial score (nSPS) is 20.4. The number of allylic oxidation sites excluding steroid dienone is 1. The standard InChI is InChI=1S/C19H25N3O2S/c1-12(2)11-24-18(23)16-13(3)21-19-22(9-4-10-25-19)17(16)14-5-7-15(20)8-6-14/h5-8,12,17H,4,9-11,20H2,1-3H3/t17-/m0/s1. The third-order valence-corrected chi connectivity index (χ3v) is 5.36. The average molecular weight is 359 g/mol. The Kier molecular flexibility index (Phi) is 5.37. The Morgan fingerprint density at radius 3 is 2.80 bits per heavy atom. The molecule has 1 fully saturated rings. The number of nitrogen functional groups attached to an aromatic ring is 1. The molecule has 2 aliphatic rings. The lowest BCUT2D eigenvalue weighted by atomic mass is 9.94. The van der Waals surface area contributed by atoms with E-state index in [-0.39, 0.29) is 12.0 Å². The number of thioether (sulfide) groups is 1. The molecule has 0 saturated carbocycles. The molecule has 0 aromatic heterocycles. The van der Waals surface area contributed by atoms with Gasteiger partial charge in [-0.1, -0.05) is 37.7 Å². The maximum absolute atomic E-state index is 12.8. The van der Waals surface area contributed by atoms with Gasteiger partial charge in [-0.15, -0.1) is 0 Å². The van der Waals surface area contributed by atoms with Crippen molar-refractivity contribution >= 4 is 28.6 Å². The number of hydrogen-bond acceptors (Lipinski definition) is 6. The monoisotopic (exact) mass is 359 g/mol. The summed E-state index contributed by atoms with van der Waals surface area (Å²) in [5.74, 6) is 1.09. The van der Waals surface area contributed by atoms with Crippen molar-refractivity contribution in [3.8, 4) is 0 Å². The van der Waals surface area contributed by atoms with Crippen LogP contribution in [-0.2, 0) is 9.53 Å². The van der Waals surface area contributed by atoms with Gasteiger partial charge >= 0.3 is 5.97 Å². The highest BCUT2D eigenvalue weighted by Crippen LogP contribution is 2.40. The van der Waals surface area contributed by atoms with Crippen LogP contribution in [0.25, 0.3) is 0 Å². The molecule has 3 rings (SSSR count). The predicted octanol–water partition coefficient (Wildman–Crippen LogP) is 3.59. The van der Waals surface area contributed by atoms with E-state index < -0.39 is 0 Å². The first-order valence-electron chi connectivity index (χ1n) is 8.69. The SMILES string of the molecule is CC1=C(C(=O)OCC(C)C)[C@H](c2ccc(N)cc2)N2CCCSC2=N1. The molecule has 1 aromatic carbocycles. The largest absolute Gasteiger partial charge is 0.462 e. The minimum absolute atomic E-state index is 0.166. The van der Waals surface area contributed by atoms with Crippen LogP contribution in [0.5, 0.6) is 0 Å². The molecule has 1 saturated heterocycles. The fourth-order valence-corrected chi connectivity index (χ4v) is 4.09. The highest BCUT2D eigenvalue weighted by atomic mass is 32.2. The van der Waals surface area contributed by atoms with E-state index in [1.165, 1.54) is 0 Å². The van der Waals surface area contributed by atoms with E-state index >= 15 is 0 Å². The van der Waals surface area contributed by atoms with Crippen molar-refractivity contribution in [1.29, 1.82) is 0 Å². The van der Waals surface area contributed by atoms with E-state index in [2.05, 4.69) is 9.89 Å². The summed E-state index contributed by atoms with van der Waals surface area (Å²) in [5, 5.41) is 0.992. The van der Waals surface area contributed by atoms with Crippen LogP contribution in [0.3, 0.4) is 0 Å². The van der Waals surface area contributed by atoms with Crippen LogP contribution < -0.4 is 5.73 Å². The molecule has 0 aliphatic carbocycles. The van der Waals surface area contributed by atoms with Gasteiger partial charge in [-0.3, -0.25) is 0 Å². The number of benzene rings is 1. The van der Waals surface area contributed by atoms with Gasteiger partial charge in [-0.05, 0) is 37.0 Å². The summed E-state index contributed by atoms with van der Waals surface area (Å²) in [6.45, 7) is 7.26. The predicted molar refractivity (Wildman–Crippen MR) is 103 cm³/mol. The molecule has 0 amide bonds. The van der Waals surface area contributed by atoms with Crippen LogP contribution in [0.1, 0.15) is 38.8 Å². The van der Waals surface area contributed by atoms with E-state index in [4.69, 9.17) is 10.5 Å². The minimum atomic E-state index is -0.272. The Balaban J connectivity index is 2.01. The van der Waals surface area contributed by atoms with Gasteiger partial charge in [0, 0.05) is 18.0 Å². The quantitative estimate of drug-likeness (QED) is 0.657. The van der Waals surface area contributed by atoms with E-state index in [0.29, 0.717) is 23.8 Å². The zero-order valence-electron chi connectivity index (χ0n) is 15.0. The van der Waals surface area contributed by atoms with Crippen LogP contribution in [0, 0.1) is 5.92 Å². The van der Waals surface area contributed by atoms with Gasteiger partial charge in [0.05, 0.1) is 23.9 Å². The molecular weight excluding hydrogens is 334 g/mol. The van der Waals surface area contributed by atoms with Gasteiger partial charge in [-0.25, -0.2) is 9.79 Å². The lowest BCUT2D eigenvalue weighted by Gasteiger charge is -2.40. The molecule has 5 nitrogen and oxygen atoms in total. The number of fused-ring (bicyclic) bond motifs is 1. The number of esters is 1. The first-order valence-corrected chi connectivity index (χ1v) is 9.67. The summed E-state index contributed by atoms with van der Waals surface area (Å²) in [6.07, 6.45) is 1.07. The first kappa shape index (κ1) is 17.9. The molecule has 1 aromatic rings. The summed E-state index contributed by atoms with van der Waals surface area (Å²) in [7, 11) is 0. The smallest absolute Gasteiger partial charge is 0.338 e. The summed E-state index contributed by atoms with van der Waals surface area (Å²) < 4.78 is 5.54. The van der Waals surface area contributed by atoms with E-state index in [1.54, 1.807) is 11.8 Å². The molecular formula is C19H25N3O2S. The van der Waals surface area contributed by atoms with Gasteiger partial charge in [0.15, 0.2) is 5.17 Å². The van der Waals surface area contributed by atoms with Crippen LogP contribution in [0.15, 0.2) is 40.5 Å². The zero-order chi connectivity index (χ0) is 18.0. The molecule has 0 bridgehead atoms. The molecule has 1 atom stereocenters. The van der Waals surface area contributed by atoms with Crippen LogP contribution in [0.2, 0.25) is 0 Å². The highest BCUT2D eigenvalue weighted by molar-refractivity contribution is 8.13. The van der Waals surface area contributed by atoms with Gasteiger partial charge in [0.2, 0.25) is 0 Å². The molecule has 6 heteroatoms. The van der Waals surface area contributed by atoms with E-state index in [0.717, 1.165) is 35.1 Å². The van der Waals surface area contributed by atoms with Crippen molar-refractivity contribution in [3.63, 3.8) is 0 Å². The average Bonchev–Trinajstić information content (AvgIpc) is 2.59. The Labute approximate surface area is 153 Å². The molecule has 2 N–H and O–H groups in total. The number of carbonyl (C=O) groups is 1. The summed E-state index contributed by atoms with van der Waals surface area (Å²) in [6, 6.07) is 7.57. The fourth-order valence-electron chi connectivity index (χ4n) is 3.07. The maximum atomic E-state index is 12.8. The van der Waals surface area contributed by atoms with Crippen molar-refractivity contribution in [3.05, 3.63) is 41.1 Å². The Morgan fingerprint density at radius 2 is 2.12 bits per heavy atom. The zero-order valence-corrected chi connectivity index (χ0v) is 15.8. The maximum Gasteiger partial charge on any atom is 0.338 e. The number of carbonyl (C=O) groups excluding carboxylic acids is 1. The van der Waals surface area contributed by atoms with Crippen LogP contribution in [-0.4, -0.2) is 34.9 Å². The van der Waals surface area contributed by atoms with E-state index in [9.17, 15) is 4.79 Å². The topological polar surface area (TPSA) is 67.9 Å². The number of hydrogen-bond donors (Lipinski definition) is 1. The third kappa shape index (κ3) is 3.84. The summed E-state index contributed by atoms with van der Waals surface area (Å²) >= 11 is 1.75. The fraction of sp³-hybridized carbons (Fsp3) is 0.474. The highest BCUT2D eigenvalue weighted by Gasteiger charge is 2.37. The van der Waals surface area contributed by atoms with Crippen LogP contribution >= 0.6 is 11.8 Å². The Hall–Kier alpha value is -1.95. The van der Waals surface area contributed by atoms with Crippen molar-refractivity contribution in [2.45, 2.75) is 33.2 Å². The second-order valence-electron chi connectivity index (χ2n) is 6.85. The Bertz CT molecular complexity index is 710. The van der Waals surface area contributed by atoms with Crippen molar-refractivity contribution in [2.24, 2.45) is 10.9 Å². The number of anilines is 1. The van der Waals surface area contributed by atoms with Gasteiger partial charge in [0.1, 0.15) is 0 Å².